The zero-order chi connectivity index (χ0) is 22.6. The van der Waals surface area contributed by atoms with Gasteiger partial charge in [-0.25, -0.2) is 16.8 Å². The molecule has 7 nitrogen and oxygen atoms in total. The van der Waals surface area contributed by atoms with Gasteiger partial charge in [0.05, 0.1) is 16.4 Å². The molecular weight excluding hydrogens is 436 g/mol. The molecular formula is C22H28N2O5S2. The van der Waals surface area contributed by atoms with Crippen molar-refractivity contribution in [2.45, 2.75) is 38.0 Å². The molecule has 1 heterocycles. The molecule has 0 radical (unpaired) electrons. The Hall–Kier alpha value is -2.39. The molecule has 0 bridgehead atoms. The molecule has 1 N–H and O–H groups in total. The van der Waals surface area contributed by atoms with Gasteiger partial charge < -0.3 is 4.90 Å². The highest BCUT2D eigenvalue weighted by atomic mass is 32.2. The van der Waals surface area contributed by atoms with Crippen molar-refractivity contribution < 1.29 is 21.6 Å². The van der Waals surface area contributed by atoms with Crippen LogP contribution in [0.25, 0.3) is 0 Å². The smallest absolute Gasteiger partial charge is 0.262 e. The zero-order valence-corrected chi connectivity index (χ0v) is 19.4. The molecule has 0 spiro atoms. The van der Waals surface area contributed by atoms with Gasteiger partial charge in [0, 0.05) is 24.3 Å². The summed E-state index contributed by atoms with van der Waals surface area (Å²) in [6.07, 6.45) is 3.12. The molecule has 168 valence electrons. The Morgan fingerprint density at radius 3 is 2.32 bits per heavy atom. The van der Waals surface area contributed by atoms with Gasteiger partial charge in [-0.1, -0.05) is 31.5 Å². The second kappa shape index (κ2) is 9.40. The van der Waals surface area contributed by atoms with E-state index >= 15 is 0 Å². The molecule has 31 heavy (non-hydrogen) atoms. The van der Waals surface area contributed by atoms with Crippen LogP contribution in [0, 0.1) is 6.92 Å². The topological polar surface area (TPSA) is 101 Å². The molecule has 2 aromatic rings. The molecule has 0 aromatic heterocycles. The van der Waals surface area contributed by atoms with E-state index in [-0.39, 0.29) is 41.0 Å². The summed E-state index contributed by atoms with van der Waals surface area (Å²) in [5.41, 5.74) is 2.35. The third kappa shape index (κ3) is 5.86. The third-order valence-corrected chi connectivity index (χ3v) is 8.51. The van der Waals surface area contributed by atoms with Gasteiger partial charge >= 0.3 is 0 Å². The monoisotopic (exact) mass is 464 g/mol. The van der Waals surface area contributed by atoms with Crippen LogP contribution in [-0.2, 0) is 26.3 Å². The van der Waals surface area contributed by atoms with E-state index in [0.717, 1.165) is 24.8 Å². The van der Waals surface area contributed by atoms with E-state index in [1.54, 1.807) is 31.2 Å². The Bertz CT molecular complexity index is 1140. The van der Waals surface area contributed by atoms with E-state index in [1.807, 2.05) is 12.1 Å². The standard InChI is InChI=1S/C22H28N2O5S2/c1-3-4-5-18-7-10-20(11-8-18)23-31(28,29)21-16-19(9-6-17(21)2)22(25)24-12-14-30(26,27)15-13-24/h6-11,16,23H,3-5,12-15H2,1-2H3. The van der Waals surface area contributed by atoms with Gasteiger partial charge in [-0.2, -0.15) is 0 Å². The van der Waals surface area contributed by atoms with Crippen LogP contribution < -0.4 is 4.72 Å². The molecule has 9 heteroatoms. The molecule has 1 amide bonds. The zero-order valence-electron chi connectivity index (χ0n) is 17.8. The molecule has 0 aliphatic carbocycles. The fourth-order valence-corrected chi connectivity index (χ4v) is 5.98. The molecule has 2 aromatic carbocycles. The lowest BCUT2D eigenvalue weighted by Gasteiger charge is -2.27. The lowest BCUT2D eigenvalue weighted by molar-refractivity contribution is 0.0770. The average Bonchev–Trinajstić information content (AvgIpc) is 2.73. The summed E-state index contributed by atoms with van der Waals surface area (Å²) in [4.78, 5) is 14.3. The van der Waals surface area contributed by atoms with Crippen LogP contribution in [0.3, 0.4) is 0 Å². The molecule has 3 rings (SSSR count). The van der Waals surface area contributed by atoms with Crippen LogP contribution in [0.2, 0.25) is 0 Å². The van der Waals surface area contributed by atoms with Crippen molar-refractivity contribution in [3.05, 3.63) is 59.2 Å². The number of carbonyl (C=O) groups is 1. The van der Waals surface area contributed by atoms with Gasteiger partial charge in [0.1, 0.15) is 0 Å². The average molecular weight is 465 g/mol. The second-order valence-corrected chi connectivity index (χ2v) is 11.8. The molecule has 0 unspecified atom stereocenters. The number of sulfone groups is 1. The van der Waals surface area contributed by atoms with E-state index in [2.05, 4.69) is 11.6 Å². The number of sulfonamides is 1. The molecule has 1 aliphatic heterocycles. The number of carbonyl (C=O) groups excluding carboxylic acids is 1. The number of hydrogen-bond acceptors (Lipinski definition) is 5. The number of unbranched alkanes of at least 4 members (excludes halogenated alkanes) is 1. The predicted octanol–water partition coefficient (Wildman–Crippen LogP) is 3.01. The normalized spacial score (nSPS) is 16.1. The van der Waals surface area contributed by atoms with Crippen molar-refractivity contribution in [3.63, 3.8) is 0 Å². The van der Waals surface area contributed by atoms with Crippen molar-refractivity contribution >= 4 is 31.5 Å². The molecule has 0 atom stereocenters. The first-order chi connectivity index (χ1) is 14.6. The number of benzene rings is 2. The summed E-state index contributed by atoms with van der Waals surface area (Å²) >= 11 is 0. The van der Waals surface area contributed by atoms with Gasteiger partial charge in [-0.05, 0) is 55.2 Å². The number of nitrogens with zero attached hydrogens (tertiary/aromatic N) is 1. The fourth-order valence-electron chi connectivity index (χ4n) is 3.45. The highest BCUT2D eigenvalue weighted by Gasteiger charge is 2.27. The van der Waals surface area contributed by atoms with E-state index in [0.29, 0.717) is 11.3 Å². The maximum Gasteiger partial charge on any atom is 0.262 e. The van der Waals surface area contributed by atoms with Gasteiger partial charge in [0.25, 0.3) is 15.9 Å². The van der Waals surface area contributed by atoms with Crippen LogP contribution in [0.15, 0.2) is 47.4 Å². The summed E-state index contributed by atoms with van der Waals surface area (Å²) in [6.45, 7) is 4.01. The fraction of sp³-hybridized carbons (Fsp3) is 0.409. The van der Waals surface area contributed by atoms with Gasteiger partial charge in [0.15, 0.2) is 9.84 Å². The lowest BCUT2D eigenvalue weighted by Crippen LogP contribution is -2.43. The maximum atomic E-state index is 13.0. The maximum absolute atomic E-state index is 13.0. The van der Waals surface area contributed by atoms with Crippen LogP contribution in [0.1, 0.15) is 41.3 Å². The second-order valence-electron chi connectivity index (χ2n) is 7.83. The number of hydrogen-bond donors (Lipinski definition) is 1. The first-order valence-electron chi connectivity index (χ1n) is 10.3. The van der Waals surface area contributed by atoms with Crippen molar-refractivity contribution in [1.82, 2.24) is 4.90 Å². The summed E-state index contributed by atoms with van der Waals surface area (Å²) < 4.78 is 51.8. The SMILES string of the molecule is CCCCc1ccc(NS(=O)(=O)c2cc(C(=O)N3CCS(=O)(=O)CC3)ccc2C)cc1. The molecule has 1 aliphatic rings. The Morgan fingerprint density at radius 2 is 1.71 bits per heavy atom. The Labute approximate surface area is 184 Å². The number of aryl methyl sites for hydroxylation is 2. The summed E-state index contributed by atoms with van der Waals surface area (Å²) in [5, 5.41) is 0. The minimum Gasteiger partial charge on any atom is -0.337 e. The number of nitrogens with one attached hydrogen (secondary N) is 1. The Kier molecular flexibility index (Phi) is 7.06. The first kappa shape index (κ1) is 23.3. The Morgan fingerprint density at radius 1 is 1.06 bits per heavy atom. The molecule has 0 saturated carbocycles. The summed E-state index contributed by atoms with van der Waals surface area (Å²) in [5.74, 6) is -0.524. The third-order valence-electron chi connectivity index (χ3n) is 5.38. The van der Waals surface area contributed by atoms with Crippen LogP contribution in [0.5, 0.6) is 0 Å². The van der Waals surface area contributed by atoms with Crippen molar-refractivity contribution in [1.29, 1.82) is 0 Å². The van der Waals surface area contributed by atoms with Crippen molar-refractivity contribution in [2.24, 2.45) is 0 Å². The highest BCUT2D eigenvalue weighted by Crippen LogP contribution is 2.23. The van der Waals surface area contributed by atoms with Gasteiger partial charge in [-0.15, -0.1) is 0 Å². The minimum absolute atomic E-state index is 0.0260. The van der Waals surface area contributed by atoms with Crippen LogP contribution in [0.4, 0.5) is 5.69 Å². The van der Waals surface area contributed by atoms with E-state index in [4.69, 9.17) is 0 Å². The number of anilines is 1. The van der Waals surface area contributed by atoms with E-state index in [9.17, 15) is 21.6 Å². The summed E-state index contributed by atoms with van der Waals surface area (Å²) in [7, 11) is -7.01. The van der Waals surface area contributed by atoms with E-state index in [1.165, 1.54) is 11.0 Å². The summed E-state index contributed by atoms with van der Waals surface area (Å²) in [6, 6.07) is 11.8. The van der Waals surface area contributed by atoms with E-state index < -0.39 is 19.9 Å². The number of rotatable bonds is 7. The van der Waals surface area contributed by atoms with Gasteiger partial charge in [0.2, 0.25) is 0 Å². The lowest BCUT2D eigenvalue weighted by atomic mass is 10.1. The van der Waals surface area contributed by atoms with Crippen molar-refractivity contribution in [3.8, 4) is 0 Å². The molecule has 1 fully saturated rings. The molecule has 1 saturated heterocycles. The van der Waals surface area contributed by atoms with Crippen molar-refractivity contribution in [2.75, 3.05) is 29.3 Å². The highest BCUT2D eigenvalue weighted by molar-refractivity contribution is 7.92. The quantitative estimate of drug-likeness (QED) is 0.679. The Balaban J connectivity index is 1.79. The number of amides is 1. The van der Waals surface area contributed by atoms with Crippen LogP contribution in [-0.4, -0.2) is 52.2 Å². The van der Waals surface area contributed by atoms with Gasteiger partial charge in [-0.3, -0.25) is 9.52 Å². The predicted molar refractivity (Wildman–Crippen MR) is 122 cm³/mol. The van der Waals surface area contributed by atoms with Crippen LogP contribution >= 0.6 is 0 Å². The minimum atomic E-state index is -3.90. The first-order valence-corrected chi connectivity index (χ1v) is 13.6. The largest absolute Gasteiger partial charge is 0.337 e.